The summed E-state index contributed by atoms with van der Waals surface area (Å²) >= 11 is 3.11. The summed E-state index contributed by atoms with van der Waals surface area (Å²) in [5.74, 6) is 0.116. The Morgan fingerprint density at radius 2 is 2.25 bits per heavy atom. The fourth-order valence-corrected chi connectivity index (χ4v) is 2.91. The van der Waals surface area contributed by atoms with Crippen molar-refractivity contribution in [2.75, 3.05) is 19.6 Å². The van der Waals surface area contributed by atoms with Gasteiger partial charge in [0, 0.05) is 18.7 Å². The average molecular weight is 366 g/mol. The molecule has 0 bridgehead atoms. The maximum absolute atomic E-state index is 13.2. The van der Waals surface area contributed by atoms with Gasteiger partial charge in [0.15, 0.2) is 0 Å². The van der Waals surface area contributed by atoms with Crippen molar-refractivity contribution in [2.45, 2.75) is 19.3 Å². The zero-order valence-corrected chi connectivity index (χ0v) is 13.6. The van der Waals surface area contributed by atoms with Crippen LogP contribution in [0.2, 0.25) is 0 Å². The van der Waals surface area contributed by atoms with E-state index in [9.17, 15) is 9.18 Å². The Kier molecular flexibility index (Phi) is 6.92. The molecule has 3 nitrogen and oxygen atoms in total. The maximum atomic E-state index is 13.2. The minimum Gasteiger partial charge on any atom is -0.338 e. The lowest BCUT2D eigenvalue weighted by Gasteiger charge is -2.32. The SMILES string of the molecule is Cl.NCCC1CCCN(C(=O)c2ccc(F)c(Br)c2)C1. The average Bonchev–Trinajstić information content (AvgIpc) is 2.42. The number of benzene rings is 1. The zero-order valence-electron chi connectivity index (χ0n) is 11.1. The number of nitrogens with two attached hydrogens (primary N) is 1. The van der Waals surface area contributed by atoms with Gasteiger partial charge in [0.2, 0.25) is 0 Å². The number of likely N-dealkylation sites (tertiary alicyclic amines) is 1. The molecule has 1 atom stereocenters. The molecule has 1 aliphatic heterocycles. The lowest BCUT2D eigenvalue weighted by molar-refractivity contribution is 0.0669. The molecule has 1 saturated heterocycles. The Morgan fingerprint density at radius 3 is 2.90 bits per heavy atom. The summed E-state index contributed by atoms with van der Waals surface area (Å²) < 4.78 is 13.5. The Labute approximate surface area is 133 Å². The predicted octanol–water partition coefficient (Wildman–Crippen LogP) is 3.21. The van der Waals surface area contributed by atoms with Crippen molar-refractivity contribution in [2.24, 2.45) is 11.7 Å². The van der Waals surface area contributed by atoms with Crippen LogP contribution in [0.15, 0.2) is 22.7 Å². The van der Waals surface area contributed by atoms with Gasteiger partial charge in [-0.2, -0.15) is 0 Å². The molecule has 1 heterocycles. The number of hydrogen-bond donors (Lipinski definition) is 1. The second kappa shape index (κ2) is 7.96. The van der Waals surface area contributed by atoms with Crippen LogP contribution in [0, 0.1) is 11.7 Å². The van der Waals surface area contributed by atoms with E-state index in [1.807, 2.05) is 4.90 Å². The standard InChI is InChI=1S/C14H18BrFN2O.ClH/c15-12-8-11(3-4-13(12)16)14(19)18-7-1-2-10(9-18)5-6-17;/h3-4,8,10H,1-2,5-7,9,17H2;1H. The molecule has 1 aliphatic rings. The number of carbonyl (C=O) groups excluding carboxylic acids is 1. The molecule has 1 aromatic rings. The van der Waals surface area contributed by atoms with Crippen molar-refractivity contribution in [1.29, 1.82) is 0 Å². The lowest BCUT2D eigenvalue weighted by Crippen LogP contribution is -2.40. The second-order valence-electron chi connectivity index (χ2n) is 4.97. The molecule has 2 rings (SSSR count). The molecular formula is C14H19BrClFN2O. The molecule has 0 aromatic heterocycles. The van der Waals surface area contributed by atoms with Crippen LogP contribution in [0.25, 0.3) is 0 Å². The van der Waals surface area contributed by atoms with E-state index in [0.29, 0.717) is 22.5 Å². The van der Waals surface area contributed by atoms with E-state index in [1.54, 1.807) is 6.07 Å². The summed E-state index contributed by atoms with van der Waals surface area (Å²) in [5.41, 5.74) is 6.11. The Balaban J connectivity index is 0.00000200. The number of halogens is 3. The number of hydrogen-bond acceptors (Lipinski definition) is 2. The number of rotatable bonds is 3. The second-order valence-corrected chi connectivity index (χ2v) is 5.82. The molecule has 2 N–H and O–H groups in total. The van der Waals surface area contributed by atoms with E-state index >= 15 is 0 Å². The third-order valence-corrected chi connectivity index (χ3v) is 4.16. The van der Waals surface area contributed by atoms with Gasteiger partial charge >= 0.3 is 0 Å². The fraction of sp³-hybridized carbons (Fsp3) is 0.500. The summed E-state index contributed by atoms with van der Waals surface area (Å²) in [7, 11) is 0. The molecule has 0 saturated carbocycles. The molecule has 1 aromatic carbocycles. The molecule has 1 fully saturated rings. The number of carbonyl (C=O) groups is 1. The van der Waals surface area contributed by atoms with Gasteiger partial charge < -0.3 is 10.6 Å². The highest BCUT2D eigenvalue weighted by Crippen LogP contribution is 2.22. The highest BCUT2D eigenvalue weighted by Gasteiger charge is 2.24. The van der Waals surface area contributed by atoms with Crippen LogP contribution in [0.4, 0.5) is 4.39 Å². The van der Waals surface area contributed by atoms with E-state index in [-0.39, 0.29) is 24.1 Å². The van der Waals surface area contributed by atoms with Crippen LogP contribution < -0.4 is 5.73 Å². The first-order valence-electron chi connectivity index (χ1n) is 6.56. The van der Waals surface area contributed by atoms with Crippen molar-refractivity contribution in [3.05, 3.63) is 34.1 Å². The van der Waals surface area contributed by atoms with E-state index in [1.165, 1.54) is 12.1 Å². The highest BCUT2D eigenvalue weighted by atomic mass is 79.9. The summed E-state index contributed by atoms with van der Waals surface area (Å²) in [6.07, 6.45) is 3.10. The quantitative estimate of drug-likeness (QED) is 0.894. The Bertz CT molecular complexity index is 470. The third-order valence-electron chi connectivity index (χ3n) is 3.55. The van der Waals surface area contributed by atoms with Gasteiger partial charge in [0.1, 0.15) is 5.82 Å². The first-order valence-corrected chi connectivity index (χ1v) is 7.35. The summed E-state index contributed by atoms with van der Waals surface area (Å²) in [6, 6.07) is 4.40. The van der Waals surface area contributed by atoms with Gasteiger partial charge in [-0.05, 0) is 65.9 Å². The first-order chi connectivity index (χ1) is 9.11. The van der Waals surface area contributed by atoms with Crippen molar-refractivity contribution < 1.29 is 9.18 Å². The predicted molar refractivity (Wildman–Crippen MR) is 83.6 cm³/mol. The van der Waals surface area contributed by atoms with Gasteiger partial charge in [-0.25, -0.2) is 4.39 Å². The number of piperidine rings is 1. The number of amides is 1. The minimum atomic E-state index is -0.351. The highest BCUT2D eigenvalue weighted by molar-refractivity contribution is 9.10. The van der Waals surface area contributed by atoms with Crippen molar-refractivity contribution in [1.82, 2.24) is 4.90 Å². The molecule has 0 spiro atoms. The van der Waals surface area contributed by atoms with Crippen molar-refractivity contribution in [3.8, 4) is 0 Å². The molecule has 1 amide bonds. The molecule has 0 radical (unpaired) electrons. The fourth-order valence-electron chi connectivity index (χ4n) is 2.53. The van der Waals surface area contributed by atoms with E-state index in [4.69, 9.17) is 5.73 Å². The van der Waals surface area contributed by atoms with Gasteiger partial charge in [0.25, 0.3) is 5.91 Å². The van der Waals surface area contributed by atoms with Gasteiger partial charge in [0.05, 0.1) is 4.47 Å². The zero-order chi connectivity index (χ0) is 13.8. The normalized spacial score (nSPS) is 18.6. The van der Waals surface area contributed by atoms with Crippen LogP contribution in [-0.2, 0) is 0 Å². The van der Waals surface area contributed by atoms with Crippen molar-refractivity contribution >= 4 is 34.2 Å². The summed E-state index contributed by atoms with van der Waals surface area (Å²) in [4.78, 5) is 14.2. The summed E-state index contributed by atoms with van der Waals surface area (Å²) in [6.45, 7) is 2.19. The van der Waals surface area contributed by atoms with E-state index in [0.717, 1.165) is 32.4 Å². The topological polar surface area (TPSA) is 46.3 Å². The third kappa shape index (κ3) is 4.17. The van der Waals surface area contributed by atoms with Crippen LogP contribution in [0.5, 0.6) is 0 Å². The minimum absolute atomic E-state index is 0. The van der Waals surface area contributed by atoms with Gasteiger partial charge in [-0.15, -0.1) is 12.4 Å². The van der Waals surface area contributed by atoms with E-state index < -0.39 is 0 Å². The first kappa shape index (κ1) is 17.4. The van der Waals surface area contributed by atoms with Crippen LogP contribution in [-0.4, -0.2) is 30.4 Å². The molecule has 112 valence electrons. The smallest absolute Gasteiger partial charge is 0.253 e. The van der Waals surface area contributed by atoms with Gasteiger partial charge in [-0.1, -0.05) is 0 Å². The van der Waals surface area contributed by atoms with E-state index in [2.05, 4.69) is 15.9 Å². The molecule has 0 aliphatic carbocycles. The molecule has 6 heteroatoms. The van der Waals surface area contributed by atoms with Crippen molar-refractivity contribution in [3.63, 3.8) is 0 Å². The lowest BCUT2D eigenvalue weighted by atomic mass is 9.94. The van der Waals surface area contributed by atoms with Crippen LogP contribution in [0.3, 0.4) is 0 Å². The summed E-state index contributed by atoms with van der Waals surface area (Å²) in [5, 5.41) is 0. The molecular weight excluding hydrogens is 347 g/mol. The van der Waals surface area contributed by atoms with Crippen LogP contribution in [0.1, 0.15) is 29.6 Å². The maximum Gasteiger partial charge on any atom is 0.253 e. The molecule has 20 heavy (non-hydrogen) atoms. The largest absolute Gasteiger partial charge is 0.338 e. The Morgan fingerprint density at radius 1 is 1.50 bits per heavy atom. The number of nitrogens with zero attached hydrogens (tertiary/aromatic N) is 1. The monoisotopic (exact) mass is 364 g/mol. The molecule has 1 unspecified atom stereocenters. The van der Waals surface area contributed by atoms with Gasteiger partial charge in [-0.3, -0.25) is 4.79 Å². The Hall–Kier alpha value is -0.650. The van der Waals surface area contributed by atoms with Crippen LogP contribution >= 0.6 is 28.3 Å².